The molecule has 0 saturated heterocycles. The predicted octanol–water partition coefficient (Wildman–Crippen LogP) is 1.92. The summed E-state index contributed by atoms with van der Waals surface area (Å²) >= 11 is 0. The zero-order valence-electron chi connectivity index (χ0n) is 13.6. The number of alkyl halides is 3. The maximum absolute atomic E-state index is 13.0. The highest BCUT2D eigenvalue weighted by Gasteiger charge is 2.37. The molecule has 0 atom stereocenters. The molecule has 0 aliphatic rings. The van der Waals surface area contributed by atoms with Crippen LogP contribution in [0, 0.1) is 0 Å². The van der Waals surface area contributed by atoms with E-state index in [0.717, 1.165) is 10.9 Å². The molecule has 0 fully saturated rings. The number of aromatic nitrogens is 2. The Balaban J connectivity index is 2.13. The fourth-order valence-corrected chi connectivity index (χ4v) is 2.19. The van der Waals surface area contributed by atoms with Crippen molar-refractivity contribution in [3.05, 3.63) is 35.7 Å². The van der Waals surface area contributed by atoms with E-state index in [1.807, 2.05) is 0 Å². The van der Waals surface area contributed by atoms with Gasteiger partial charge in [0.25, 0.3) is 5.91 Å². The lowest BCUT2D eigenvalue weighted by molar-refractivity contribution is -0.143. The highest BCUT2D eigenvalue weighted by Crippen LogP contribution is 2.34. The number of benzene rings is 1. The summed E-state index contributed by atoms with van der Waals surface area (Å²) in [4.78, 5) is 10.8. The van der Waals surface area contributed by atoms with Crippen molar-refractivity contribution in [1.82, 2.24) is 9.78 Å². The molecule has 0 aliphatic carbocycles. The number of nitrogens with two attached hydrogens (primary N) is 1. The number of rotatable bonds is 7. The number of hydrogen-bond donors (Lipinski definition) is 2. The van der Waals surface area contributed by atoms with Crippen molar-refractivity contribution >= 4 is 11.6 Å². The van der Waals surface area contributed by atoms with E-state index in [9.17, 15) is 18.0 Å². The van der Waals surface area contributed by atoms with Gasteiger partial charge in [-0.3, -0.25) is 9.48 Å². The van der Waals surface area contributed by atoms with Crippen molar-refractivity contribution < 1.29 is 27.4 Å². The van der Waals surface area contributed by atoms with Crippen LogP contribution in [0.1, 0.15) is 11.3 Å². The monoisotopic (exact) mass is 358 g/mol. The van der Waals surface area contributed by atoms with Crippen LogP contribution in [0.5, 0.6) is 11.5 Å². The number of halogens is 3. The normalized spacial score (nSPS) is 11.2. The number of primary amides is 1. The minimum atomic E-state index is -4.52. The minimum Gasteiger partial charge on any atom is -0.493 e. The van der Waals surface area contributed by atoms with E-state index in [-0.39, 0.29) is 18.8 Å². The summed E-state index contributed by atoms with van der Waals surface area (Å²) in [5, 5.41) is 6.33. The highest BCUT2D eigenvalue weighted by atomic mass is 19.4. The van der Waals surface area contributed by atoms with E-state index in [1.165, 1.54) is 14.2 Å². The van der Waals surface area contributed by atoms with Gasteiger partial charge in [-0.1, -0.05) is 6.07 Å². The van der Waals surface area contributed by atoms with E-state index in [1.54, 1.807) is 18.2 Å². The fraction of sp³-hybridized carbons (Fsp3) is 0.333. The molecule has 2 rings (SSSR count). The summed E-state index contributed by atoms with van der Waals surface area (Å²) in [6.07, 6.45) is -3.40. The molecule has 1 aromatic carbocycles. The second-order valence-electron chi connectivity index (χ2n) is 5.12. The first-order valence-electron chi connectivity index (χ1n) is 7.13. The molecule has 2 aromatic rings. The average molecular weight is 358 g/mol. The van der Waals surface area contributed by atoms with Crippen LogP contribution in [0.15, 0.2) is 24.4 Å². The Hall–Kier alpha value is -2.91. The lowest BCUT2D eigenvalue weighted by atomic mass is 10.2. The number of nitrogens with one attached hydrogen (secondary N) is 1. The SMILES string of the molecule is COc1cc(CNc2cnn(C)c2C(F)(F)F)ccc1OCC(N)=O. The van der Waals surface area contributed by atoms with Crippen LogP contribution in [0.4, 0.5) is 18.9 Å². The molecule has 0 saturated carbocycles. The van der Waals surface area contributed by atoms with Gasteiger partial charge in [-0.2, -0.15) is 18.3 Å². The first-order chi connectivity index (χ1) is 11.7. The predicted molar refractivity (Wildman–Crippen MR) is 83.2 cm³/mol. The van der Waals surface area contributed by atoms with Crippen molar-refractivity contribution in [3.8, 4) is 11.5 Å². The molecule has 136 valence electrons. The van der Waals surface area contributed by atoms with Crippen LogP contribution in [-0.2, 0) is 24.6 Å². The van der Waals surface area contributed by atoms with Crippen LogP contribution in [0.25, 0.3) is 0 Å². The van der Waals surface area contributed by atoms with E-state index in [0.29, 0.717) is 17.1 Å². The van der Waals surface area contributed by atoms with Gasteiger partial charge < -0.3 is 20.5 Å². The van der Waals surface area contributed by atoms with Gasteiger partial charge in [0, 0.05) is 13.6 Å². The number of carbonyl (C=O) groups excluding carboxylic acids is 1. The molecule has 1 heterocycles. The number of carbonyl (C=O) groups is 1. The number of ether oxygens (including phenoxy) is 2. The first kappa shape index (κ1) is 18.4. The third kappa shape index (κ3) is 4.55. The number of methoxy groups -OCH3 is 1. The van der Waals surface area contributed by atoms with E-state index < -0.39 is 17.8 Å². The number of hydrogen-bond acceptors (Lipinski definition) is 5. The quantitative estimate of drug-likeness (QED) is 0.789. The van der Waals surface area contributed by atoms with Crippen LogP contribution in [0.2, 0.25) is 0 Å². The molecule has 1 amide bonds. The van der Waals surface area contributed by atoms with Gasteiger partial charge in [0.05, 0.1) is 19.0 Å². The van der Waals surface area contributed by atoms with Crippen LogP contribution >= 0.6 is 0 Å². The maximum Gasteiger partial charge on any atom is 0.435 e. The van der Waals surface area contributed by atoms with Gasteiger partial charge in [-0.15, -0.1) is 0 Å². The zero-order chi connectivity index (χ0) is 18.6. The van der Waals surface area contributed by atoms with Crippen molar-refractivity contribution in [1.29, 1.82) is 0 Å². The Morgan fingerprint density at radius 1 is 1.36 bits per heavy atom. The molecule has 0 bridgehead atoms. The van der Waals surface area contributed by atoms with Crippen molar-refractivity contribution in [2.24, 2.45) is 12.8 Å². The highest BCUT2D eigenvalue weighted by molar-refractivity contribution is 5.75. The number of aryl methyl sites for hydroxylation is 1. The zero-order valence-corrected chi connectivity index (χ0v) is 13.6. The maximum atomic E-state index is 13.0. The third-order valence-electron chi connectivity index (χ3n) is 3.29. The Labute approximate surface area is 141 Å². The molecular formula is C15H17F3N4O3. The van der Waals surface area contributed by atoms with Crippen molar-refractivity contribution in [2.45, 2.75) is 12.7 Å². The van der Waals surface area contributed by atoms with Crippen LogP contribution in [-0.4, -0.2) is 29.4 Å². The van der Waals surface area contributed by atoms with Crippen LogP contribution in [0.3, 0.4) is 0 Å². The van der Waals surface area contributed by atoms with Gasteiger partial charge in [0.2, 0.25) is 0 Å². The molecule has 3 N–H and O–H groups in total. The Morgan fingerprint density at radius 3 is 2.68 bits per heavy atom. The lowest BCUT2D eigenvalue weighted by Crippen LogP contribution is -2.20. The number of amides is 1. The number of nitrogens with zero attached hydrogens (tertiary/aromatic N) is 2. The molecule has 0 unspecified atom stereocenters. The molecule has 7 nitrogen and oxygen atoms in total. The Bertz CT molecular complexity index is 759. The number of anilines is 1. The topological polar surface area (TPSA) is 91.4 Å². The minimum absolute atomic E-state index is 0.112. The smallest absolute Gasteiger partial charge is 0.435 e. The van der Waals surface area contributed by atoms with Gasteiger partial charge >= 0.3 is 6.18 Å². The van der Waals surface area contributed by atoms with E-state index in [2.05, 4.69) is 10.4 Å². The van der Waals surface area contributed by atoms with Crippen LogP contribution < -0.4 is 20.5 Å². The molecule has 0 spiro atoms. The summed E-state index contributed by atoms with van der Waals surface area (Å²) in [6, 6.07) is 4.77. The first-order valence-corrected chi connectivity index (χ1v) is 7.13. The van der Waals surface area contributed by atoms with Crippen molar-refractivity contribution in [2.75, 3.05) is 19.0 Å². The largest absolute Gasteiger partial charge is 0.493 e. The van der Waals surface area contributed by atoms with Gasteiger partial charge in [-0.25, -0.2) is 0 Å². The molecule has 1 aromatic heterocycles. The Kier molecular flexibility index (Phi) is 5.40. The average Bonchev–Trinajstić information content (AvgIpc) is 2.92. The van der Waals surface area contributed by atoms with Crippen molar-refractivity contribution in [3.63, 3.8) is 0 Å². The lowest BCUT2D eigenvalue weighted by Gasteiger charge is -2.13. The summed E-state index contributed by atoms with van der Waals surface area (Å²) in [5.74, 6) is 0.00856. The summed E-state index contributed by atoms with van der Waals surface area (Å²) in [7, 11) is 2.63. The van der Waals surface area contributed by atoms with Gasteiger partial charge in [0.1, 0.15) is 0 Å². The van der Waals surface area contributed by atoms with Gasteiger partial charge in [-0.05, 0) is 17.7 Å². The molecule has 0 radical (unpaired) electrons. The summed E-state index contributed by atoms with van der Waals surface area (Å²) < 4.78 is 50.2. The molecular weight excluding hydrogens is 341 g/mol. The van der Waals surface area contributed by atoms with E-state index >= 15 is 0 Å². The van der Waals surface area contributed by atoms with Gasteiger partial charge in [0.15, 0.2) is 23.8 Å². The Morgan fingerprint density at radius 2 is 2.08 bits per heavy atom. The van der Waals surface area contributed by atoms with E-state index in [4.69, 9.17) is 15.2 Å². The molecule has 0 aliphatic heterocycles. The standard InChI is InChI=1S/C15H17F3N4O3/c1-22-14(15(16,17)18)10(7-21-22)20-6-9-3-4-11(12(5-9)24-2)25-8-13(19)23/h3-5,7,20H,6,8H2,1-2H3,(H2,19,23). The molecule has 25 heavy (non-hydrogen) atoms. The second-order valence-corrected chi connectivity index (χ2v) is 5.12. The third-order valence-corrected chi connectivity index (χ3v) is 3.29. The second kappa shape index (κ2) is 7.32. The fourth-order valence-electron chi connectivity index (χ4n) is 2.19. The molecule has 10 heteroatoms. The summed E-state index contributed by atoms with van der Waals surface area (Å²) in [6.45, 7) is -0.195. The summed E-state index contributed by atoms with van der Waals surface area (Å²) in [5.41, 5.74) is 4.68.